The van der Waals surface area contributed by atoms with Crippen molar-refractivity contribution < 1.29 is 13.2 Å². The summed E-state index contributed by atoms with van der Waals surface area (Å²) in [4.78, 5) is 14.1. The molecule has 1 amide bonds. The first-order valence-electron chi connectivity index (χ1n) is 6.91. The van der Waals surface area contributed by atoms with Crippen LogP contribution in [0.5, 0.6) is 0 Å². The number of likely N-dealkylation sites (tertiary alicyclic amines) is 1. The van der Waals surface area contributed by atoms with Gasteiger partial charge in [-0.1, -0.05) is 6.42 Å². The Morgan fingerprint density at radius 1 is 1.35 bits per heavy atom. The van der Waals surface area contributed by atoms with E-state index in [1.165, 1.54) is 11.8 Å². The Morgan fingerprint density at radius 3 is 2.50 bits per heavy atom. The summed E-state index contributed by atoms with van der Waals surface area (Å²) in [5.41, 5.74) is 0. The van der Waals surface area contributed by atoms with Crippen LogP contribution in [0, 0.1) is 11.3 Å². The van der Waals surface area contributed by atoms with E-state index < -0.39 is 19.8 Å². The Labute approximate surface area is 124 Å². The number of sulfone groups is 1. The summed E-state index contributed by atoms with van der Waals surface area (Å²) in [7, 11) is -3.27. The molecule has 0 aromatic heterocycles. The average molecular weight is 316 g/mol. The Balaban J connectivity index is 2.04. The average Bonchev–Trinajstić information content (AvgIpc) is 2.46. The normalized spacial score (nSPS) is 28.6. The van der Waals surface area contributed by atoms with E-state index in [1.807, 2.05) is 6.26 Å². The summed E-state index contributed by atoms with van der Waals surface area (Å²) >= 11 is 1.52. The monoisotopic (exact) mass is 316 g/mol. The van der Waals surface area contributed by atoms with Crippen LogP contribution in [0.2, 0.25) is 0 Å². The molecule has 0 aromatic carbocycles. The molecule has 2 saturated heterocycles. The standard InChI is InChI=1S/C13H20N2O3S2/c1-19-13(10-14)5-7-15(8-6-13)12(16)11-4-2-3-9-20(11,17)18/h11H,2-9H2,1H3. The smallest absolute Gasteiger partial charge is 0.240 e. The zero-order valence-electron chi connectivity index (χ0n) is 11.7. The highest BCUT2D eigenvalue weighted by Gasteiger charge is 2.41. The minimum absolute atomic E-state index is 0.129. The van der Waals surface area contributed by atoms with Crippen molar-refractivity contribution in [1.82, 2.24) is 4.90 Å². The fourth-order valence-corrected chi connectivity index (χ4v) is 5.44. The van der Waals surface area contributed by atoms with Gasteiger partial charge in [0.1, 0.15) is 10.00 Å². The first-order chi connectivity index (χ1) is 9.44. The SMILES string of the molecule is CSC1(C#N)CCN(C(=O)C2CCCCS2(=O)=O)CC1. The fraction of sp³-hybridized carbons (Fsp3) is 0.846. The number of rotatable bonds is 2. The van der Waals surface area contributed by atoms with Crippen molar-refractivity contribution in [3.05, 3.63) is 0 Å². The quantitative estimate of drug-likeness (QED) is 0.765. The molecule has 0 aliphatic carbocycles. The Hall–Kier alpha value is -0.740. The van der Waals surface area contributed by atoms with Gasteiger partial charge in [-0.25, -0.2) is 8.42 Å². The molecule has 0 bridgehead atoms. The topological polar surface area (TPSA) is 78.2 Å². The lowest BCUT2D eigenvalue weighted by molar-refractivity contribution is -0.131. The maximum absolute atomic E-state index is 12.4. The number of carbonyl (C=O) groups is 1. The van der Waals surface area contributed by atoms with Crippen LogP contribution in [0.4, 0.5) is 0 Å². The van der Waals surface area contributed by atoms with Gasteiger partial charge in [-0.05, 0) is 31.9 Å². The summed E-state index contributed by atoms with van der Waals surface area (Å²) in [6, 6.07) is 2.33. The molecule has 5 nitrogen and oxygen atoms in total. The Bertz CT molecular complexity index is 516. The van der Waals surface area contributed by atoms with Gasteiger partial charge in [0.05, 0.1) is 11.8 Å². The number of thioether (sulfide) groups is 1. The third kappa shape index (κ3) is 2.96. The molecule has 2 heterocycles. The molecule has 2 aliphatic rings. The zero-order chi connectivity index (χ0) is 14.8. The molecule has 7 heteroatoms. The second-order valence-electron chi connectivity index (χ2n) is 5.49. The van der Waals surface area contributed by atoms with Crippen LogP contribution < -0.4 is 0 Å². The largest absolute Gasteiger partial charge is 0.341 e. The van der Waals surface area contributed by atoms with E-state index in [1.54, 1.807) is 4.90 Å². The van der Waals surface area contributed by atoms with Crippen LogP contribution >= 0.6 is 11.8 Å². The van der Waals surface area contributed by atoms with Gasteiger partial charge in [-0.15, -0.1) is 11.8 Å². The number of hydrogen-bond donors (Lipinski definition) is 0. The summed E-state index contributed by atoms with van der Waals surface area (Å²) in [6.07, 6.45) is 5.05. The van der Waals surface area contributed by atoms with Gasteiger partial charge < -0.3 is 4.90 Å². The molecule has 2 rings (SSSR count). The van der Waals surface area contributed by atoms with E-state index in [0.717, 1.165) is 6.42 Å². The van der Waals surface area contributed by atoms with Crippen molar-refractivity contribution in [2.24, 2.45) is 0 Å². The lowest BCUT2D eigenvalue weighted by Crippen LogP contribution is -2.50. The van der Waals surface area contributed by atoms with Gasteiger partial charge in [-0.3, -0.25) is 4.79 Å². The van der Waals surface area contributed by atoms with E-state index in [0.29, 0.717) is 38.8 Å². The van der Waals surface area contributed by atoms with Crippen molar-refractivity contribution in [2.45, 2.75) is 42.1 Å². The second-order valence-corrected chi connectivity index (χ2v) is 8.98. The summed E-state index contributed by atoms with van der Waals surface area (Å²) in [5.74, 6) is -0.123. The summed E-state index contributed by atoms with van der Waals surface area (Å²) < 4.78 is 23.6. The molecule has 2 aliphatic heterocycles. The Kier molecular flexibility index (Phi) is 4.65. The minimum atomic E-state index is -3.27. The number of amides is 1. The number of nitrogens with zero attached hydrogens (tertiary/aromatic N) is 2. The molecule has 20 heavy (non-hydrogen) atoms. The molecule has 112 valence electrons. The first-order valence-corrected chi connectivity index (χ1v) is 9.85. The van der Waals surface area contributed by atoms with E-state index in [-0.39, 0.29) is 11.7 Å². The molecule has 1 atom stereocenters. The second kappa shape index (κ2) is 5.94. The predicted octanol–water partition coefficient (Wildman–Crippen LogP) is 1.20. The van der Waals surface area contributed by atoms with Gasteiger partial charge in [0, 0.05) is 13.1 Å². The van der Waals surface area contributed by atoms with E-state index >= 15 is 0 Å². The van der Waals surface area contributed by atoms with Crippen molar-refractivity contribution >= 4 is 27.5 Å². The van der Waals surface area contributed by atoms with Gasteiger partial charge >= 0.3 is 0 Å². The summed E-state index contributed by atoms with van der Waals surface area (Å²) in [5, 5.41) is 8.38. The molecule has 0 radical (unpaired) electrons. The maximum atomic E-state index is 12.4. The van der Waals surface area contributed by atoms with Crippen LogP contribution in [0.1, 0.15) is 32.1 Å². The number of nitriles is 1. The van der Waals surface area contributed by atoms with Crippen LogP contribution in [-0.2, 0) is 14.6 Å². The van der Waals surface area contributed by atoms with Gasteiger partial charge in [0.25, 0.3) is 0 Å². The molecule has 0 aromatic rings. The molecular weight excluding hydrogens is 296 g/mol. The molecular formula is C13H20N2O3S2. The lowest BCUT2D eigenvalue weighted by Gasteiger charge is -2.38. The highest BCUT2D eigenvalue weighted by molar-refractivity contribution is 8.00. The van der Waals surface area contributed by atoms with Crippen LogP contribution in [-0.4, -0.2) is 54.3 Å². The number of carbonyl (C=O) groups excluding carboxylic acids is 1. The van der Waals surface area contributed by atoms with Crippen LogP contribution in [0.3, 0.4) is 0 Å². The van der Waals surface area contributed by atoms with Gasteiger partial charge in [-0.2, -0.15) is 5.26 Å². The molecule has 1 unspecified atom stereocenters. The zero-order valence-corrected chi connectivity index (χ0v) is 13.3. The molecule has 0 saturated carbocycles. The van der Waals surface area contributed by atoms with Crippen molar-refractivity contribution in [3.8, 4) is 6.07 Å². The minimum Gasteiger partial charge on any atom is -0.341 e. The molecule has 2 fully saturated rings. The van der Waals surface area contributed by atoms with Crippen LogP contribution in [0.15, 0.2) is 0 Å². The third-order valence-electron chi connectivity index (χ3n) is 4.33. The summed E-state index contributed by atoms with van der Waals surface area (Å²) in [6.45, 7) is 0.971. The predicted molar refractivity (Wildman–Crippen MR) is 79.1 cm³/mol. The van der Waals surface area contributed by atoms with Gasteiger partial charge in [0.15, 0.2) is 9.84 Å². The third-order valence-corrected chi connectivity index (χ3v) is 7.77. The van der Waals surface area contributed by atoms with E-state index in [2.05, 4.69) is 6.07 Å². The first kappa shape index (κ1) is 15.6. The van der Waals surface area contributed by atoms with Gasteiger partial charge in [0.2, 0.25) is 5.91 Å². The fourth-order valence-electron chi connectivity index (χ4n) is 2.89. The number of hydrogen-bond acceptors (Lipinski definition) is 5. The van der Waals surface area contributed by atoms with Crippen molar-refractivity contribution in [1.29, 1.82) is 5.26 Å². The van der Waals surface area contributed by atoms with Crippen molar-refractivity contribution in [3.63, 3.8) is 0 Å². The molecule has 0 N–H and O–H groups in total. The maximum Gasteiger partial charge on any atom is 0.240 e. The Morgan fingerprint density at radius 2 is 2.00 bits per heavy atom. The highest BCUT2D eigenvalue weighted by Crippen LogP contribution is 2.34. The van der Waals surface area contributed by atoms with E-state index in [9.17, 15) is 18.5 Å². The van der Waals surface area contributed by atoms with Crippen molar-refractivity contribution in [2.75, 3.05) is 25.1 Å². The lowest BCUT2D eigenvalue weighted by atomic mass is 9.97. The van der Waals surface area contributed by atoms with E-state index in [4.69, 9.17) is 0 Å². The highest BCUT2D eigenvalue weighted by atomic mass is 32.2. The molecule has 0 spiro atoms. The number of piperidine rings is 1. The van der Waals surface area contributed by atoms with Crippen LogP contribution in [0.25, 0.3) is 0 Å².